The summed E-state index contributed by atoms with van der Waals surface area (Å²) in [5.74, 6) is 1.97. The maximum Gasteiger partial charge on any atom is 0.261 e. The van der Waals surface area contributed by atoms with Crippen molar-refractivity contribution in [2.75, 3.05) is 31.1 Å². The van der Waals surface area contributed by atoms with Crippen molar-refractivity contribution in [2.45, 2.75) is 37.6 Å². The summed E-state index contributed by atoms with van der Waals surface area (Å²) in [4.78, 5) is 31.0. The van der Waals surface area contributed by atoms with Crippen LogP contribution in [0.1, 0.15) is 46.2 Å². The lowest BCUT2D eigenvalue weighted by Gasteiger charge is -2.39. The summed E-state index contributed by atoms with van der Waals surface area (Å²) in [5.41, 5.74) is 0. The molecule has 3 fully saturated rings. The molecule has 5 rings (SSSR count). The SMILES string of the molecule is O=C(NC1CN(c2cccnn2)C1)c1ccc(C2CCN(C(=O)C3CC3)CC2)s1. The van der Waals surface area contributed by atoms with Gasteiger partial charge in [-0.25, -0.2) is 0 Å². The second-order valence-electron chi connectivity index (χ2n) is 8.23. The first-order chi connectivity index (χ1) is 14.2. The van der Waals surface area contributed by atoms with Crippen LogP contribution in [0.2, 0.25) is 0 Å². The van der Waals surface area contributed by atoms with Gasteiger partial charge in [-0.3, -0.25) is 9.59 Å². The number of anilines is 1. The van der Waals surface area contributed by atoms with Crippen LogP contribution in [0.5, 0.6) is 0 Å². The number of amides is 2. The molecular weight excluding hydrogens is 386 g/mol. The van der Waals surface area contributed by atoms with Gasteiger partial charge in [0.25, 0.3) is 5.91 Å². The Morgan fingerprint density at radius 1 is 1.07 bits per heavy atom. The molecule has 152 valence electrons. The molecule has 1 saturated carbocycles. The van der Waals surface area contributed by atoms with Crippen LogP contribution < -0.4 is 10.2 Å². The molecule has 0 aromatic carbocycles. The van der Waals surface area contributed by atoms with Gasteiger partial charge in [0, 0.05) is 43.2 Å². The minimum absolute atomic E-state index is 0.00592. The van der Waals surface area contributed by atoms with E-state index in [0.717, 1.165) is 62.6 Å². The number of thiophene rings is 1. The van der Waals surface area contributed by atoms with E-state index in [4.69, 9.17) is 0 Å². The summed E-state index contributed by atoms with van der Waals surface area (Å²) >= 11 is 1.60. The molecule has 3 aliphatic rings. The largest absolute Gasteiger partial charge is 0.351 e. The fourth-order valence-electron chi connectivity index (χ4n) is 4.14. The molecule has 1 aliphatic carbocycles. The van der Waals surface area contributed by atoms with Crippen molar-refractivity contribution in [1.29, 1.82) is 0 Å². The number of rotatable bonds is 5. The summed E-state index contributed by atoms with van der Waals surface area (Å²) < 4.78 is 0. The summed E-state index contributed by atoms with van der Waals surface area (Å²) in [6, 6.07) is 7.98. The topological polar surface area (TPSA) is 78.4 Å². The number of hydrogen-bond acceptors (Lipinski definition) is 6. The molecule has 2 amide bonds. The van der Waals surface area contributed by atoms with Crippen LogP contribution in [0.15, 0.2) is 30.5 Å². The maximum absolute atomic E-state index is 12.6. The van der Waals surface area contributed by atoms with Gasteiger partial charge in [-0.1, -0.05) is 0 Å². The van der Waals surface area contributed by atoms with Crippen LogP contribution in [-0.4, -0.2) is 59.1 Å². The number of aromatic nitrogens is 2. The molecule has 0 bridgehead atoms. The first-order valence-corrected chi connectivity index (χ1v) is 11.2. The molecule has 0 unspecified atom stereocenters. The lowest BCUT2D eigenvalue weighted by Crippen LogP contribution is -2.59. The Morgan fingerprint density at radius 2 is 1.86 bits per heavy atom. The minimum atomic E-state index is 0.00592. The van der Waals surface area contributed by atoms with Gasteiger partial charge in [-0.2, -0.15) is 5.10 Å². The first-order valence-electron chi connectivity index (χ1n) is 10.4. The Kier molecular flexibility index (Phi) is 4.95. The average molecular weight is 412 g/mol. The normalized spacial score (nSPS) is 20.4. The van der Waals surface area contributed by atoms with Crippen LogP contribution in [0.4, 0.5) is 5.82 Å². The molecule has 2 aromatic rings. The number of carbonyl (C=O) groups excluding carboxylic acids is 2. The van der Waals surface area contributed by atoms with Crippen molar-refractivity contribution >= 4 is 29.0 Å². The molecule has 0 radical (unpaired) electrons. The van der Waals surface area contributed by atoms with Crippen molar-refractivity contribution in [1.82, 2.24) is 20.4 Å². The number of hydrogen-bond donors (Lipinski definition) is 1. The highest BCUT2D eigenvalue weighted by Crippen LogP contribution is 2.36. The molecule has 29 heavy (non-hydrogen) atoms. The standard InChI is InChI=1S/C21H25N5O2S/c27-20(23-16-12-26(13-16)19-2-1-9-22-24-19)18-6-5-17(29-18)14-7-10-25(11-8-14)21(28)15-3-4-15/h1-2,5-6,9,14-16H,3-4,7-8,10-13H2,(H,23,27). The number of nitrogens with zero attached hydrogens (tertiary/aromatic N) is 4. The number of likely N-dealkylation sites (tertiary alicyclic amines) is 1. The summed E-state index contributed by atoms with van der Waals surface area (Å²) in [7, 11) is 0. The summed E-state index contributed by atoms with van der Waals surface area (Å²) in [6.45, 7) is 3.21. The van der Waals surface area contributed by atoms with Crippen molar-refractivity contribution < 1.29 is 9.59 Å². The van der Waals surface area contributed by atoms with E-state index in [2.05, 4.69) is 26.5 Å². The van der Waals surface area contributed by atoms with E-state index in [1.54, 1.807) is 17.5 Å². The average Bonchev–Trinajstić information content (AvgIpc) is 3.46. The van der Waals surface area contributed by atoms with Gasteiger partial charge in [0.1, 0.15) is 0 Å². The highest BCUT2D eigenvalue weighted by atomic mass is 32.1. The van der Waals surface area contributed by atoms with Gasteiger partial charge in [0.15, 0.2) is 5.82 Å². The Hall–Kier alpha value is -2.48. The van der Waals surface area contributed by atoms with Gasteiger partial charge in [0.2, 0.25) is 5.91 Å². The summed E-state index contributed by atoms with van der Waals surface area (Å²) in [5, 5.41) is 11.1. The van der Waals surface area contributed by atoms with E-state index in [1.165, 1.54) is 4.88 Å². The van der Waals surface area contributed by atoms with Gasteiger partial charge >= 0.3 is 0 Å². The predicted molar refractivity (Wildman–Crippen MR) is 111 cm³/mol. The molecule has 8 heteroatoms. The van der Waals surface area contributed by atoms with E-state index in [-0.39, 0.29) is 11.9 Å². The third-order valence-corrected chi connectivity index (χ3v) is 7.33. The van der Waals surface area contributed by atoms with Crippen LogP contribution >= 0.6 is 11.3 Å². The lowest BCUT2D eigenvalue weighted by molar-refractivity contribution is -0.133. The third kappa shape index (κ3) is 3.99. The van der Waals surface area contributed by atoms with E-state index in [1.807, 2.05) is 23.1 Å². The molecule has 4 heterocycles. The molecule has 0 spiro atoms. The van der Waals surface area contributed by atoms with Gasteiger partial charge in [-0.05, 0) is 55.9 Å². The van der Waals surface area contributed by atoms with E-state index >= 15 is 0 Å². The third-order valence-electron chi connectivity index (χ3n) is 6.09. The predicted octanol–water partition coefficient (Wildman–Crippen LogP) is 2.27. The molecular formula is C21H25N5O2S. The monoisotopic (exact) mass is 411 g/mol. The number of nitrogens with one attached hydrogen (secondary N) is 1. The van der Waals surface area contributed by atoms with Crippen molar-refractivity contribution in [3.05, 3.63) is 40.2 Å². The van der Waals surface area contributed by atoms with Crippen molar-refractivity contribution in [3.8, 4) is 0 Å². The Bertz CT molecular complexity index is 883. The fourth-order valence-corrected chi connectivity index (χ4v) is 5.22. The number of carbonyl (C=O) groups is 2. The molecule has 0 atom stereocenters. The lowest BCUT2D eigenvalue weighted by atomic mass is 9.95. The quantitative estimate of drug-likeness (QED) is 0.817. The second-order valence-corrected chi connectivity index (χ2v) is 9.35. The Balaban J connectivity index is 1.11. The minimum Gasteiger partial charge on any atom is -0.351 e. The van der Waals surface area contributed by atoms with Crippen molar-refractivity contribution in [2.24, 2.45) is 5.92 Å². The maximum atomic E-state index is 12.6. The summed E-state index contributed by atoms with van der Waals surface area (Å²) in [6.07, 6.45) is 5.79. The Labute approximate surface area is 174 Å². The zero-order valence-electron chi connectivity index (χ0n) is 16.3. The van der Waals surface area contributed by atoms with E-state index < -0.39 is 0 Å². The smallest absolute Gasteiger partial charge is 0.261 e. The van der Waals surface area contributed by atoms with E-state index in [9.17, 15) is 9.59 Å². The zero-order chi connectivity index (χ0) is 19.8. The van der Waals surface area contributed by atoms with Crippen LogP contribution in [0, 0.1) is 5.92 Å². The Morgan fingerprint density at radius 3 is 2.55 bits per heavy atom. The zero-order valence-corrected chi connectivity index (χ0v) is 17.1. The van der Waals surface area contributed by atoms with Crippen molar-refractivity contribution in [3.63, 3.8) is 0 Å². The molecule has 1 N–H and O–H groups in total. The highest BCUT2D eigenvalue weighted by Gasteiger charge is 2.35. The first kappa shape index (κ1) is 18.5. The molecule has 2 aliphatic heterocycles. The molecule has 2 aromatic heterocycles. The number of piperidine rings is 1. The fraction of sp³-hybridized carbons (Fsp3) is 0.524. The van der Waals surface area contributed by atoms with Gasteiger partial charge in [0.05, 0.1) is 10.9 Å². The van der Waals surface area contributed by atoms with E-state index in [0.29, 0.717) is 17.7 Å². The second kappa shape index (κ2) is 7.74. The van der Waals surface area contributed by atoms with Crippen LogP contribution in [-0.2, 0) is 4.79 Å². The molecule has 2 saturated heterocycles. The van der Waals surface area contributed by atoms with Crippen LogP contribution in [0.3, 0.4) is 0 Å². The van der Waals surface area contributed by atoms with Gasteiger partial charge in [-0.15, -0.1) is 16.4 Å². The van der Waals surface area contributed by atoms with Crippen LogP contribution in [0.25, 0.3) is 0 Å². The van der Waals surface area contributed by atoms with Gasteiger partial charge < -0.3 is 15.1 Å². The molecule has 7 nitrogen and oxygen atoms in total. The highest BCUT2D eigenvalue weighted by molar-refractivity contribution is 7.14.